The molecule has 0 fully saturated rings. The van der Waals surface area contributed by atoms with Crippen LogP contribution >= 0.6 is 0 Å². The average molecular weight is 158 g/mol. The van der Waals surface area contributed by atoms with Gasteiger partial charge in [-0.15, -0.1) is 0 Å². The molecule has 0 amide bonds. The second-order valence-electron chi connectivity index (χ2n) is 3.60. The molecule has 0 unspecified atom stereocenters. The molecule has 0 nitrogen and oxygen atoms in total. The van der Waals surface area contributed by atoms with Gasteiger partial charge >= 0.3 is 0 Å². The summed E-state index contributed by atoms with van der Waals surface area (Å²) in [5, 5.41) is 0. The number of rotatable bonds is 4. The molecule has 0 heterocycles. The molecule has 0 aromatic heterocycles. The van der Waals surface area contributed by atoms with Gasteiger partial charge in [0.15, 0.2) is 0 Å². The first-order valence-electron chi connectivity index (χ1n) is 5.18. The molecule has 0 aliphatic carbocycles. The third-order valence-electron chi connectivity index (χ3n) is 1.39. The fourth-order valence-electron chi connectivity index (χ4n) is 0.803. The van der Waals surface area contributed by atoms with Crippen molar-refractivity contribution in [3.8, 4) is 0 Å². The maximum absolute atomic E-state index is 2.29. The fraction of sp³-hybridized carbons (Fsp3) is 1.00. The van der Waals surface area contributed by atoms with Crippen LogP contribution in [0.3, 0.4) is 0 Å². The van der Waals surface area contributed by atoms with Crippen LogP contribution in [0.15, 0.2) is 0 Å². The molecular formula is C11H26. The van der Waals surface area contributed by atoms with E-state index in [1.165, 1.54) is 32.1 Å². The highest BCUT2D eigenvalue weighted by atomic mass is 14.0. The van der Waals surface area contributed by atoms with E-state index in [0.717, 1.165) is 5.92 Å². The summed E-state index contributed by atoms with van der Waals surface area (Å²) in [5.74, 6) is 0.904. The largest absolute Gasteiger partial charge is 0.0656 e. The third kappa shape index (κ3) is 25.6. The molecule has 0 aliphatic heterocycles. The zero-order valence-electron chi connectivity index (χ0n) is 9.11. The van der Waals surface area contributed by atoms with Crippen LogP contribution in [0, 0.1) is 5.92 Å². The topological polar surface area (TPSA) is 0 Å². The van der Waals surface area contributed by atoms with Crippen LogP contribution in [0.5, 0.6) is 0 Å². The Hall–Kier alpha value is 0. The van der Waals surface area contributed by atoms with E-state index in [1.807, 2.05) is 0 Å². The molecule has 0 aromatic rings. The van der Waals surface area contributed by atoms with Crippen LogP contribution < -0.4 is 0 Å². The lowest BCUT2D eigenvalue weighted by molar-refractivity contribution is 0.534. The summed E-state index contributed by atoms with van der Waals surface area (Å²) < 4.78 is 0. The van der Waals surface area contributed by atoms with Crippen molar-refractivity contribution in [2.75, 3.05) is 0 Å². The highest BCUT2D eigenvalue weighted by molar-refractivity contribution is 4.44. The maximum Gasteiger partial charge on any atom is -0.0471 e. The summed E-state index contributed by atoms with van der Waals surface area (Å²) in [6.07, 6.45) is 6.85. The normalized spacial score (nSPS) is 9.27. The first kappa shape index (κ1) is 13.6. The Morgan fingerprint density at radius 3 is 1.64 bits per heavy atom. The van der Waals surface area contributed by atoms with Gasteiger partial charge in [-0.1, -0.05) is 66.7 Å². The van der Waals surface area contributed by atoms with Crippen molar-refractivity contribution in [1.29, 1.82) is 0 Å². The van der Waals surface area contributed by atoms with E-state index in [1.54, 1.807) is 0 Å². The first-order chi connectivity index (χ1) is 5.18. The zero-order valence-corrected chi connectivity index (χ0v) is 9.11. The maximum atomic E-state index is 2.29. The SMILES string of the molecule is CCC.CCCCCC(C)C. The standard InChI is InChI=1S/C8H18.C3H8/c1-4-5-6-7-8(2)3;1-3-2/h8H,4-7H2,1-3H3;3H2,1-2H3. The van der Waals surface area contributed by atoms with Gasteiger partial charge in [-0.3, -0.25) is 0 Å². The van der Waals surface area contributed by atoms with Gasteiger partial charge < -0.3 is 0 Å². The summed E-state index contributed by atoms with van der Waals surface area (Å²) in [7, 11) is 0. The van der Waals surface area contributed by atoms with Crippen LogP contribution in [0.2, 0.25) is 0 Å². The van der Waals surface area contributed by atoms with Gasteiger partial charge in [-0.05, 0) is 5.92 Å². The molecule has 0 saturated heterocycles. The number of hydrogen-bond donors (Lipinski definition) is 0. The van der Waals surface area contributed by atoms with Crippen LogP contribution in [0.1, 0.15) is 66.7 Å². The third-order valence-corrected chi connectivity index (χ3v) is 1.39. The molecule has 0 N–H and O–H groups in total. The Bertz CT molecular complexity index is 46.0. The second-order valence-corrected chi connectivity index (χ2v) is 3.60. The zero-order chi connectivity index (χ0) is 9.11. The molecule has 11 heavy (non-hydrogen) atoms. The smallest absolute Gasteiger partial charge is 0.0471 e. The van der Waals surface area contributed by atoms with E-state index in [-0.39, 0.29) is 0 Å². The molecule has 0 atom stereocenters. The second kappa shape index (κ2) is 12.7. The van der Waals surface area contributed by atoms with E-state index in [2.05, 4.69) is 34.6 Å². The summed E-state index contributed by atoms with van der Waals surface area (Å²) in [4.78, 5) is 0. The van der Waals surface area contributed by atoms with Crippen molar-refractivity contribution in [3.05, 3.63) is 0 Å². The van der Waals surface area contributed by atoms with Gasteiger partial charge in [0.2, 0.25) is 0 Å². The van der Waals surface area contributed by atoms with E-state index in [0.29, 0.717) is 0 Å². The minimum atomic E-state index is 0.904. The minimum Gasteiger partial charge on any atom is -0.0656 e. The molecule has 0 aliphatic rings. The van der Waals surface area contributed by atoms with E-state index in [9.17, 15) is 0 Å². The monoisotopic (exact) mass is 158 g/mol. The van der Waals surface area contributed by atoms with Gasteiger partial charge in [0.25, 0.3) is 0 Å². The Morgan fingerprint density at radius 2 is 1.36 bits per heavy atom. The lowest BCUT2D eigenvalue weighted by Crippen LogP contribution is -1.85. The van der Waals surface area contributed by atoms with Crippen molar-refractivity contribution >= 4 is 0 Å². The summed E-state index contributed by atoms with van der Waals surface area (Å²) in [6.45, 7) is 11.1. The molecule has 0 spiro atoms. The van der Waals surface area contributed by atoms with Crippen LogP contribution in [-0.4, -0.2) is 0 Å². The van der Waals surface area contributed by atoms with Gasteiger partial charge in [-0.25, -0.2) is 0 Å². The molecule has 70 valence electrons. The Balaban J connectivity index is 0. The van der Waals surface area contributed by atoms with E-state index in [4.69, 9.17) is 0 Å². The van der Waals surface area contributed by atoms with Crippen LogP contribution in [0.4, 0.5) is 0 Å². The van der Waals surface area contributed by atoms with Crippen LogP contribution in [0.25, 0.3) is 0 Å². The highest BCUT2D eigenvalue weighted by Crippen LogP contribution is 2.06. The highest BCUT2D eigenvalue weighted by Gasteiger charge is 1.90. The van der Waals surface area contributed by atoms with Crippen molar-refractivity contribution in [2.24, 2.45) is 5.92 Å². The van der Waals surface area contributed by atoms with Gasteiger partial charge in [-0.2, -0.15) is 0 Å². The van der Waals surface area contributed by atoms with E-state index >= 15 is 0 Å². The van der Waals surface area contributed by atoms with Gasteiger partial charge in [0.1, 0.15) is 0 Å². The Morgan fingerprint density at radius 1 is 0.909 bits per heavy atom. The molecule has 0 aromatic carbocycles. The predicted octanol–water partition coefficient (Wildman–Crippen LogP) is 4.64. The summed E-state index contributed by atoms with van der Waals surface area (Å²) in [6, 6.07) is 0. The quantitative estimate of drug-likeness (QED) is 0.523. The number of unbranched alkanes of at least 4 members (excludes halogenated alkanes) is 2. The first-order valence-corrected chi connectivity index (χ1v) is 5.18. The minimum absolute atomic E-state index is 0.904. The summed E-state index contributed by atoms with van der Waals surface area (Å²) in [5.41, 5.74) is 0. The predicted molar refractivity (Wildman–Crippen MR) is 54.9 cm³/mol. The van der Waals surface area contributed by atoms with Crippen molar-refractivity contribution < 1.29 is 0 Å². The van der Waals surface area contributed by atoms with Gasteiger partial charge in [0.05, 0.1) is 0 Å². The fourth-order valence-corrected chi connectivity index (χ4v) is 0.803. The van der Waals surface area contributed by atoms with Crippen LogP contribution in [-0.2, 0) is 0 Å². The lowest BCUT2D eigenvalue weighted by Gasteiger charge is -2.00. The van der Waals surface area contributed by atoms with Crippen molar-refractivity contribution in [1.82, 2.24) is 0 Å². The molecule has 0 radical (unpaired) electrons. The molecule has 0 rings (SSSR count). The Labute approximate surface area is 73.4 Å². The number of hydrogen-bond acceptors (Lipinski definition) is 0. The average Bonchev–Trinajstić information content (AvgIpc) is 1.89. The lowest BCUT2D eigenvalue weighted by atomic mass is 10.1. The molecule has 0 heteroatoms. The summed E-state index contributed by atoms with van der Waals surface area (Å²) >= 11 is 0. The van der Waals surface area contributed by atoms with E-state index < -0.39 is 0 Å². The van der Waals surface area contributed by atoms with Crippen molar-refractivity contribution in [2.45, 2.75) is 66.7 Å². The molecule has 0 saturated carbocycles. The Kier molecular flexibility index (Phi) is 15.6. The molecular weight excluding hydrogens is 132 g/mol. The van der Waals surface area contributed by atoms with Gasteiger partial charge in [0, 0.05) is 0 Å². The molecule has 0 bridgehead atoms. The van der Waals surface area contributed by atoms with Crippen molar-refractivity contribution in [3.63, 3.8) is 0 Å².